The number of ether oxygens (including phenoxy) is 2. The molecule has 142 valence electrons. The van der Waals surface area contributed by atoms with Gasteiger partial charge in [-0.05, 0) is 49.5 Å². The number of unbranched alkanes of at least 4 members (excludes halogenated alkanes) is 3. The molecule has 0 aromatic heterocycles. The molecule has 5 heteroatoms. The maximum absolute atomic E-state index is 11.6. The SMILES string of the molecule is O=C(/C=C/c1ccccc1)OCCCCCCOc1ccccc1C(=O)O. The minimum Gasteiger partial charge on any atom is -0.493 e. The highest BCUT2D eigenvalue weighted by Crippen LogP contribution is 2.18. The third-order valence-electron chi connectivity index (χ3n) is 3.87. The van der Waals surface area contributed by atoms with E-state index < -0.39 is 5.97 Å². The Morgan fingerprint density at radius 2 is 1.52 bits per heavy atom. The largest absolute Gasteiger partial charge is 0.493 e. The van der Waals surface area contributed by atoms with E-state index in [1.807, 2.05) is 30.3 Å². The van der Waals surface area contributed by atoms with E-state index in [0.29, 0.717) is 19.0 Å². The first-order chi connectivity index (χ1) is 13.2. The second-order valence-electron chi connectivity index (χ2n) is 5.98. The molecular formula is C22H24O5. The summed E-state index contributed by atoms with van der Waals surface area (Å²) < 4.78 is 10.7. The Hall–Kier alpha value is -3.08. The number of esters is 1. The third kappa shape index (κ3) is 7.77. The Bertz CT molecular complexity index is 752. The predicted octanol–water partition coefficient (Wildman–Crippen LogP) is 4.58. The second kappa shape index (κ2) is 11.5. The van der Waals surface area contributed by atoms with Crippen molar-refractivity contribution in [2.24, 2.45) is 0 Å². The van der Waals surface area contributed by atoms with E-state index in [0.717, 1.165) is 31.2 Å². The van der Waals surface area contributed by atoms with Gasteiger partial charge in [0.05, 0.1) is 13.2 Å². The normalized spacial score (nSPS) is 10.7. The molecule has 0 atom stereocenters. The maximum Gasteiger partial charge on any atom is 0.339 e. The summed E-state index contributed by atoms with van der Waals surface area (Å²) in [5.74, 6) is -0.940. The highest BCUT2D eigenvalue weighted by atomic mass is 16.5. The first kappa shape index (κ1) is 20.2. The summed E-state index contributed by atoms with van der Waals surface area (Å²) in [6.45, 7) is 0.852. The number of benzene rings is 2. The van der Waals surface area contributed by atoms with Crippen LogP contribution in [-0.4, -0.2) is 30.3 Å². The summed E-state index contributed by atoms with van der Waals surface area (Å²) in [4.78, 5) is 22.7. The summed E-state index contributed by atoms with van der Waals surface area (Å²) >= 11 is 0. The molecule has 27 heavy (non-hydrogen) atoms. The summed E-state index contributed by atoms with van der Waals surface area (Å²) in [5, 5.41) is 9.09. The lowest BCUT2D eigenvalue weighted by atomic mass is 10.2. The average Bonchev–Trinajstić information content (AvgIpc) is 2.69. The second-order valence-corrected chi connectivity index (χ2v) is 5.98. The van der Waals surface area contributed by atoms with Crippen molar-refractivity contribution in [3.8, 4) is 5.75 Å². The molecule has 0 unspecified atom stereocenters. The van der Waals surface area contributed by atoms with Gasteiger partial charge in [-0.3, -0.25) is 0 Å². The summed E-state index contributed by atoms with van der Waals surface area (Å²) in [7, 11) is 0. The van der Waals surface area contributed by atoms with Crippen LogP contribution in [0.5, 0.6) is 5.75 Å². The van der Waals surface area contributed by atoms with Crippen LogP contribution in [0.3, 0.4) is 0 Å². The van der Waals surface area contributed by atoms with Crippen LogP contribution in [0.15, 0.2) is 60.7 Å². The van der Waals surface area contributed by atoms with E-state index in [-0.39, 0.29) is 11.5 Å². The quantitative estimate of drug-likeness (QED) is 0.357. The van der Waals surface area contributed by atoms with Crippen LogP contribution < -0.4 is 4.74 Å². The van der Waals surface area contributed by atoms with Crippen molar-refractivity contribution in [1.82, 2.24) is 0 Å². The molecule has 1 N–H and O–H groups in total. The Morgan fingerprint density at radius 3 is 2.26 bits per heavy atom. The highest BCUT2D eigenvalue weighted by molar-refractivity contribution is 5.90. The van der Waals surface area contributed by atoms with Gasteiger partial charge in [-0.15, -0.1) is 0 Å². The van der Waals surface area contributed by atoms with Crippen LogP contribution in [0.1, 0.15) is 41.6 Å². The molecule has 0 aliphatic rings. The van der Waals surface area contributed by atoms with Crippen LogP contribution in [0.4, 0.5) is 0 Å². The van der Waals surface area contributed by atoms with Crippen LogP contribution in [0.25, 0.3) is 6.08 Å². The first-order valence-corrected chi connectivity index (χ1v) is 9.02. The standard InChI is InChI=1S/C22H24O5/c23-21(15-14-18-10-4-3-5-11-18)27-17-9-2-1-8-16-26-20-13-7-6-12-19(20)22(24)25/h3-7,10-15H,1-2,8-9,16-17H2,(H,24,25)/b15-14+. The lowest BCUT2D eigenvalue weighted by Gasteiger charge is -2.08. The van der Waals surface area contributed by atoms with Crippen molar-refractivity contribution in [2.75, 3.05) is 13.2 Å². The molecule has 0 amide bonds. The van der Waals surface area contributed by atoms with Gasteiger partial charge in [0.15, 0.2) is 0 Å². The number of carbonyl (C=O) groups is 2. The molecule has 2 rings (SSSR count). The van der Waals surface area contributed by atoms with Gasteiger partial charge in [-0.25, -0.2) is 9.59 Å². The number of carboxylic acid groups (broad SMARTS) is 1. The molecule has 0 saturated carbocycles. The number of carboxylic acids is 1. The number of carbonyl (C=O) groups excluding carboxylic acids is 1. The van der Waals surface area contributed by atoms with E-state index >= 15 is 0 Å². The molecule has 0 radical (unpaired) electrons. The van der Waals surface area contributed by atoms with Gasteiger partial charge in [-0.1, -0.05) is 42.5 Å². The van der Waals surface area contributed by atoms with Crippen molar-refractivity contribution in [1.29, 1.82) is 0 Å². The molecule has 0 saturated heterocycles. The molecule has 0 aliphatic carbocycles. The molecule has 0 aliphatic heterocycles. The third-order valence-corrected chi connectivity index (χ3v) is 3.87. The van der Waals surface area contributed by atoms with Gasteiger partial charge in [0, 0.05) is 6.08 Å². The highest BCUT2D eigenvalue weighted by Gasteiger charge is 2.09. The fourth-order valence-electron chi connectivity index (χ4n) is 2.46. The number of aromatic carboxylic acids is 1. The van der Waals surface area contributed by atoms with Crippen molar-refractivity contribution < 1.29 is 24.2 Å². The fourth-order valence-corrected chi connectivity index (χ4v) is 2.46. The van der Waals surface area contributed by atoms with Crippen LogP contribution in [-0.2, 0) is 9.53 Å². The van der Waals surface area contributed by atoms with E-state index in [9.17, 15) is 9.59 Å². The molecular weight excluding hydrogens is 344 g/mol. The lowest BCUT2D eigenvalue weighted by Crippen LogP contribution is -2.05. The molecule has 0 heterocycles. The van der Waals surface area contributed by atoms with Gasteiger partial charge in [-0.2, -0.15) is 0 Å². The van der Waals surface area contributed by atoms with Gasteiger partial charge in [0.1, 0.15) is 11.3 Å². The zero-order chi connectivity index (χ0) is 19.3. The van der Waals surface area contributed by atoms with Gasteiger partial charge in [0.2, 0.25) is 0 Å². The molecule has 2 aromatic rings. The van der Waals surface area contributed by atoms with Crippen molar-refractivity contribution in [2.45, 2.75) is 25.7 Å². The number of rotatable bonds is 11. The number of hydrogen-bond acceptors (Lipinski definition) is 4. The number of hydrogen-bond donors (Lipinski definition) is 1. The summed E-state index contributed by atoms with van der Waals surface area (Å²) in [6.07, 6.45) is 6.61. The Morgan fingerprint density at radius 1 is 0.852 bits per heavy atom. The molecule has 0 spiro atoms. The smallest absolute Gasteiger partial charge is 0.339 e. The zero-order valence-corrected chi connectivity index (χ0v) is 15.2. The van der Waals surface area contributed by atoms with Crippen LogP contribution >= 0.6 is 0 Å². The summed E-state index contributed by atoms with van der Waals surface area (Å²) in [5.41, 5.74) is 1.13. The molecule has 0 fully saturated rings. The van der Waals surface area contributed by atoms with E-state index in [4.69, 9.17) is 14.6 Å². The zero-order valence-electron chi connectivity index (χ0n) is 15.2. The Balaban J connectivity index is 1.53. The van der Waals surface area contributed by atoms with Crippen LogP contribution in [0.2, 0.25) is 0 Å². The van der Waals surface area contributed by atoms with Gasteiger partial charge in [0.25, 0.3) is 0 Å². The van der Waals surface area contributed by atoms with Gasteiger partial charge < -0.3 is 14.6 Å². The van der Waals surface area contributed by atoms with E-state index in [2.05, 4.69) is 0 Å². The average molecular weight is 368 g/mol. The number of para-hydroxylation sites is 1. The predicted molar refractivity (Wildman–Crippen MR) is 104 cm³/mol. The topological polar surface area (TPSA) is 72.8 Å². The Labute approximate surface area is 159 Å². The molecule has 5 nitrogen and oxygen atoms in total. The lowest BCUT2D eigenvalue weighted by molar-refractivity contribution is -0.137. The van der Waals surface area contributed by atoms with Crippen molar-refractivity contribution in [3.05, 3.63) is 71.8 Å². The van der Waals surface area contributed by atoms with E-state index in [1.54, 1.807) is 24.3 Å². The minimum absolute atomic E-state index is 0.174. The minimum atomic E-state index is -0.992. The maximum atomic E-state index is 11.6. The fraction of sp³-hybridized carbons (Fsp3) is 0.273. The van der Waals surface area contributed by atoms with Gasteiger partial charge >= 0.3 is 11.9 Å². The Kier molecular flexibility index (Phi) is 8.63. The molecule has 2 aromatic carbocycles. The van der Waals surface area contributed by atoms with Crippen LogP contribution in [0, 0.1) is 0 Å². The first-order valence-electron chi connectivity index (χ1n) is 9.02. The van der Waals surface area contributed by atoms with Crippen molar-refractivity contribution in [3.63, 3.8) is 0 Å². The van der Waals surface area contributed by atoms with E-state index in [1.165, 1.54) is 12.1 Å². The monoisotopic (exact) mass is 368 g/mol. The summed E-state index contributed by atoms with van der Waals surface area (Å²) in [6, 6.07) is 16.2. The van der Waals surface area contributed by atoms with Crippen molar-refractivity contribution >= 4 is 18.0 Å². The molecule has 0 bridgehead atoms.